The lowest BCUT2D eigenvalue weighted by molar-refractivity contribution is -0.120. The van der Waals surface area contributed by atoms with Crippen molar-refractivity contribution in [3.05, 3.63) is 90.5 Å². The highest BCUT2D eigenvalue weighted by Crippen LogP contribution is 2.30. The Kier molecular flexibility index (Phi) is 6.71. The van der Waals surface area contributed by atoms with Gasteiger partial charge in [0.25, 0.3) is 10.0 Å². The number of nitrogens with one attached hydrogen (secondary N) is 1. The lowest BCUT2D eigenvalue weighted by Gasteiger charge is -2.19. The van der Waals surface area contributed by atoms with E-state index in [0.717, 1.165) is 27.1 Å². The van der Waals surface area contributed by atoms with Crippen molar-refractivity contribution in [1.29, 1.82) is 5.26 Å². The summed E-state index contributed by atoms with van der Waals surface area (Å²) in [6.07, 6.45) is 2.15. The predicted octanol–water partition coefficient (Wildman–Crippen LogP) is 5.67. The average Bonchev–Trinajstić information content (AvgIpc) is 2.83. The number of carbonyl (C=O) groups is 1. The SMILES string of the molecule is N#CCCCCC(C(=O)NS(=O)(=O)c1ccc2ccccc2c1)c1cccc2ccccc12. The van der Waals surface area contributed by atoms with E-state index in [2.05, 4.69) is 10.8 Å². The van der Waals surface area contributed by atoms with Crippen LogP contribution in [0, 0.1) is 11.3 Å². The lowest BCUT2D eigenvalue weighted by atomic mass is 9.89. The molecule has 0 saturated heterocycles. The van der Waals surface area contributed by atoms with E-state index in [0.29, 0.717) is 25.7 Å². The summed E-state index contributed by atoms with van der Waals surface area (Å²) < 4.78 is 28.5. The van der Waals surface area contributed by atoms with Gasteiger partial charge in [-0.25, -0.2) is 13.1 Å². The first-order valence-electron chi connectivity index (χ1n) is 10.9. The molecule has 166 valence electrons. The molecule has 4 aromatic carbocycles. The third kappa shape index (κ3) is 5.05. The van der Waals surface area contributed by atoms with Crippen LogP contribution in [-0.2, 0) is 14.8 Å². The summed E-state index contributed by atoms with van der Waals surface area (Å²) in [5.41, 5.74) is 0.788. The second-order valence-corrected chi connectivity index (χ2v) is 9.69. The van der Waals surface area contributed by atoms with Crippen LogP contribution in [-0.4, -0.2) is 14.3 Å². The van der Waals surface area contributed by atoms with Gasteiger partial charge in [-0.05, 0) is 52.1 Å². The Morgan fingerprint density at radius 1 is 0.848 bits per heavy atom. The summed E-state index contributed by atoms with van der Waals surface area (Å²) in [5, 5.41) is 12.5. The van der Waals surface area contributed by atoms with E-state index >= 15 is 0 Å². The fraction of sp³-hybridized carbons (Fsp3) is 0.185. The first kappa shape index (κ1) is 22.5. The van der Waals surface area contributed by atoms with Gasteiger partial charge in [0, 0.05) is 6.42 Å². The molecular weight excluding hydrogens is 432 g/mol. The number of rotatable bonds is 8. The van der Waals surface area contributed by atoms with Gasteiger partial charge in [-0.15, -0.1) is 0 Å². The number of sulfonamides is 1. The number of hydrogen-bond acceptors (Lipinski definition) is 4. The van der Waals surface area contributed by atoms with Gasteiger partial charge >= 0.3 is 0 Å². The van der Waals surface area contributed by atoms with Gasteiger partial charge in [-0.1, -0.05) is 79.2 Å². The second-order valence-electron chi connectivity index (χ2n) is 8.00. The monoisotopic (exact) mass is 456 g/mol. The Balaban J connectivity index is 1.66. The van der Waals surface area contributed by atoms with Crippen LogP contribution in [0.2, 0.25) is 0 Å². The van der Waals surface area contributed by atoms with E-state index in [1.807, 2.05) is 66.7 Å². The normalized spacial score (nSPS) is 12.3. The summed E-state index contributed by atoms with van der Waals surface area (Å²) in [7, 11) is -4.04. The Bertz CT molecular complexity index is 1450. The van der Waals surface area contributed by atoms with Crippen molar-refractivity contribution in [3.8, 4) is 6.07 Å². The van der Waals surface area contributed by atoms with Crippen molar-refractivity contribution in [1.82, 2.24) is 4.72 Å². The highest BCUT2D eigenvalue weighted by atomic mass is 32.2. The van der Waals surface area contributed by atoms with Gasteiger partial charge in [0.2, 0.25) is 5.91 Å². The maximum atomic E-state index is 13.3. The molecule has 1 N–H and O–H groups in total. The molecule has 1 atom stereocenters. The molecule has 5 nitrogen and oxygen atoms in total. The van der Waals surface area contributed by atoms with Crippen LogP contribution >= 0.6 is 0 Å². The van der Waals surface area contributed by atoms with Gasteiger partial charge in [0.05, 0.1) is 16.9 Å². The lowest BCUT2D eigenvalue weighted by Crippen LogP contribution is -2.34. The average molecular weight is 457 g/mol. The smallest absolute Gasteiger partial charge is 0.264 e. The van der Waals surface area contributed by atoms with E-state index < -0.39 is 21.8 Å². The molecule has 33 heavy (non-hydrogen) atoms. The van der Waals surface area contributed by atoms with Gasteiger partial charge in [0.15, 0.2) is 0 Å². The number of unbranched alkanes of at least 4 members (excludes halogenated alkanes) is 2. The molecule has 0 aliphatic carbocycles. The largest absolute Gasteiger partial charge is 0.273 e. The number of hydrogen-bond donors (Lipinski definition) is 1. The number of carbonyl (C=O) groups excluding carboxylic acids is 1. The van der Waals surface area contributed by atoms with Crippen LogP contribution in [0.15, 0.2) is 89.8 Å². The van der Waals surface area contributed by atoms with Crippen LogP contribution in [0.4, 0.5) is 0 Å². The van der Waals surface area contributed by atoms with Crippen molar-refractivity contribution >= 4 is 37.5 Å². The minimum atomic E-state index is -4.04. The molecular formula is C27H24N2O3S. The fourth-order valence-electron chi connectivity index (χ4n) is 4.13. The summed E-state index contributed by atoms with van der Waals surface area (Å²) in [4.78, 5) is 13.4. The molecule has 0 heterocycles. The zero-order valence-corrected chi connectivity index (χ0v) is 18.9. The Hall–Kier alpha value is -3.69. The molecule has 1 amide bonds. The first-order valence-corrected chi connectivity index (χ1v) is 12.4. The summed E-state index contributed by atoms with van der Waals surface area (Å²) in [6.45, 7) is 0. The summed E-state index contributed by atoms with van der Waals surface area (Å²) in [6, 6.07) is 27.9. The van der Waals surface area contributed by atoms with Gasteiger partial charge in [0.1, 0.15) is 0 Å². The Morgan fingerprint density at radius 3 is 2.33 bits per heavy atom. The number of nitrogens with zero attached hydrogens (tertiary/aromatic N) is 1. The van der Waals surface area contributed by atoms with Crippen LogP contribution in [0.3, 0.4) is 0 Å². The van der Waals surface area contributed by atoms with Crippen molar-refractivity contribution in [2.45, 2.75) is 36.5 Å². The maximum Gasteiger partial charge on any atom is 0.264 e. The van der Waals surface area contributed by atoms with E-state index in [4.69, 9.17) is 5.26 Å². The van der Waals surface area contributed by atoms with Crippen LogP contribution in [0.25, 0.3) is 21.5 Å². The van der Waals surface area contributed by atoms with E-state index in [-0.39, 0.29) is 4.90 Å². The molecule has 0 fully saturated rings. The zero-order valence-electron chi connectivity index (χ0n) is 18.1. The van der Waals surface area contributed by atoms with Gasteiger partial charge in [-0.3, -0.25) is 4.79 Å². The van der Waals surface area contributed by atoms with Crippen molar-refractivity contribution in [2.24, 2.45) is 0 Å². The summed E-state index contributed by atoms with van der Waals surface area (Å²) in [5.74, 6) is -1.21. The van der Waals surface area contributed by atoms with E-state index in [9.17, 15) is 13.2 Å². The van der Waals surface area contributed by atoms with Crippen LogP contribution < -0.4 is 4.72 Å². The molecule has 1 unspecified atom stereocenters. The molecule has 0 aliphatic heterocycles. The topological polar surface area (TPSA) is 87.0 Å². The standard InChI is InChI=1S/C27H24N2O3S/c28-18-7-1-2-14-26(25-15-8-12-21-10-5-6-13-24(21)25)27(30)29-33(31,32)23-17-16-20-9-3-4-11-22(20)19-23/h3-6,8-13,15-17,19,26H,1-2,7,14H2,(H,29,30). The third-order valence-corrected chi connectivity index (χ3v) is 7.16. The molecule has 0 saturated carbocycles. The number of amides is 1. The van der Waals surface area contributed by atoms with Gasteiger partial charge < -0.3 is 0 Å². The molecule has 4 aromatic rings. The highest BCUT2D eigenvalue weighted by Gasteiger charge is 2.27. The molecule has 0 bridgehead atoms. The third-order valence-electron chi connectivity index (χ3n) is 5.81. The number of nitriles is 1. The Morgan fingerprint density at radius 2 is 1.55 bits per heavy atom. The first-order chi connectivity index (χ1) is 16.0. The number of fused-ring (bicyclic) bond motifs is 2. The van der Waals surface area contributed by atoms with Crippen molar-refractivity contribution in [3.63, 3.8) is 0 Å². The minimum absolute atomic E-state index is 0.0516. The maximum absolute atomic E-state index is 13.3. The van der Waals surface area contributed by atoms with E-state index in [1.54, 1.807) is 12.1 Å². The molecule has 6 heteroatoms. The zero-order chi connectivity index (χ0) is 23.3. The van der Waals surface area contributed by atoms with Crippen LogP contribution in [0.1, 0.15) is 37.2 Å². The number of benzene rings is 4. The molecule has 4 rings (SSSR count). The molecule has 0 radical (unpaired) electrons. The quantitative estimate of drug-likeness (QED) is 0.346. The van der Waals surface area contributed by atoms with Crippen LogP contribution in [0.5, 0.6) is 0 Å². The van der Waals surface area contributed by atoms with E-state index in [1.165, 1.54) is 6.07 Å². The fourth-order valence-corrected chi connectivity index (χ4v) is 5.19. The minimum Gasteiger partial charge on any atom is -0.273 e. The van der Waals surface area contributed by atoms with Crippen molar-refractivity contribution in [2.75, 3.05) is 0 Å². The molecule has 0 aliphatic rings. The summed E-state index contributed by atoms with van der Waals surface area (Å²) >= 11 is 0. The molecule has 0 spiro atoms. The Labute approximate surface area is 193 Å². The molecule has 0 aromatic heterocycles. The second kappa shape index (κ2) is 9.85. The predicted molar refractivity (Wildman–Crippen MR) is 130 cm³/mol. The highest BCUT2D eigenvalue weighted by molar-refractivity contribution is 7.90. The van der Waals surface area contributed by atoms with Crippen molar-refractivity contribution < 1.29 is 13.2 Å². The van der Waals surface area contributed by atoms with Gasteiger partial charge in [-0.2, -0.15) is 5.26 Å².